The molecule has 0 unspecified atom stereocenters. The molecule has 3 rings (SSSR count). The van der Waals surface area contributed by atoms with Crippen LogP contribution in [0.15, 0.2) is 35.1 Å². The van der Waals surface area contributed by atoms with Gasteiger partial charge in [-0.3, -0.25) is 9.48 Å². The summed E-state index contributed by atoms with van der Waals surface area (Å²) in [6.07, 6.45) is 1.70. The van der Waals surface area contributed by atoms with Crippen LogP contribution in [0.4, 0.5) is 0 Å². The van der Waals surface area contributed by atoms with Crippen molar-refractivity contribution in [2.75, 3.05) is 14.2 Å². The summed E-state index contributed by atoms with van der Waals surface area (Å²) >= 11 is 3.39. The number of hydrogen-bond acceptors (Lipinski definition) is 5. The van der Waals surface area contributed by atoms with Crippen LogP contribution in [0.25, 0.3) is 10.9 Å². The van der Waals surface area contributed by atoms with Crippen LogP contribution in [0.2, 0.25) is 0 Å². The van der Waals surface area contributed by atoms with E-state index in [0.717, 1.165) is 16.5 Å². The van der Waals surface area contributed by atoms with Crippen LogP contribution in [-0.2, 0) is 13.6 Å². The van der Waals surface area contributed by atoms with Crippen molar-refractivity contribution in [3.8, 4) is 11.5 Å². The summed E-state index contributed by atoms with van der Waals surface area (Å²) in [4.78, 5) is 16.8. The van der Waals surface area contributed by atoms with Crippen LogP contribution in [0.5, 0.6) is 11.5 Å². The number of carbonyl (C=O) groups excluding carboxylic acids is 1. The first-order valence-corrected chi connectivity index (χ1v) is 8.30. The Bertz CT molecular complexity index is 939. The van der Waals surface area contributed by atoms with Gasteiger partial charge in [0.1, 0.15) is 21.8 Å². The van der Waals surface area contributed by atoms with E-state index in [1.54, 1.807) is 37.2 Å². The van der Waals surface area contributed by atoms with Crippen LogP contribution in [0, 0.1) is 0 Å². The van der Waals surface area contributed by atoms with Crippen molar-refractivity contribution < 1.29 is 14.3 Å². The van der Waals surface area contributed by atoms with Gasteiger partial charge >= 0.3 is 0 Å². The number of methoxy groups -OCH3 is 2. The SMILES string of the molecule is COc1ccc(CNC(=O)c2cc3c(cnn3C)c(Br)n2)c(OC)c1. The number of rotatable bonds is 5. The van der Waals surface area contributed by atoms with E-state index in [0.29, 0.717) is 28.3 Å². The third kappa shape index (κ3) is 3.43. The van der Waals surface area contributed by atoms with Gasteiger partial charge in [-0.15, -0.1) is 0 Å². The molecule has 130 valence electrons. The lowest BCUT2D eigenvalue weighted by Crippen LogP contribution is -2.24. The second kappa shape index (κ2) is 7.10. The maximum absolute atomic E-state index is 12.5. The fourth-order valence-corrected chi connectivity index (χ4v) is 2.98. The minimum absolute atomic E-state index is 0.276. The molecule has 0 atom stereocenters. The standard InChI is InChI=1S/C17H17BrN4O3/c1-22-14-7-13(21-16(18)12(14)9-20-22)17(23)19-8-10-4-5-11(24-2)6-15(10)25-3/h4-7,9H,8H2,1-3H3,(H,19,23). The molecule has 0 aliphatic rings. The third-order valence-electron chi connectivity index (χ3n) is 3.87. The molecular weight excluding hydrogens is 388 g/mol. The van der Waals surface area contributed by atoms with E-state index >= 15 is 0 Å². The topological polar surface area (TPSA) is 78.3 Å². The number of carbonyl (C=O) groups is 1. The maximum atomic E-state index is 12.5. The summed E-state index contributed by atoms with van der Waals surface area (Å²) in [6, 6.07) is 7.16. The Kier molecular flexibility index (Phi) is 4.89. The largest absolute Gasteiger partial charge is 0.497 e. The lowest BCUT2D eigenvalue weighted by molar-refractivity contribution is 0.0945. The molecule has 7 nitrogen and oxygen atoms in total. The molecule has 0 fully saturated rings. The number of ether oxygens (including phenoxy) is 2. The molecule has 0 radical (unpaired) electrons. The molecule has 8 heteroatoms. The molecule has 0 aliphatic carbocycles. The fourth-order valence-electron chi connectivity index (χ4n) is 2.49. The summed E-state index contributed by atoms with van der Waals surface area (Å²) < 4.78 is 12.8. The Balaban J connectivity index is 1.80. The van der Waals surface area contributed by atoms with Crippen LogP contribution < -0.4 is 14.8 Å². The first-order valence-electron chi connectivity index (χ1n) is 7.51. The molecule has 0 saturated carbocycles. The predicted octanol–water partition coefficient (Wildman–Crippen LogP) is 2.68. The van der Waals surface area contributed by atoms with Crippen molar-refractivity contribution >= 4 is 32.7 Å². The van der Waals surface area contributed by atoms with E-state index < -0.39 is 0 Å². The van der Waals surface area contributed by atoms with Crippen molar-refractivity contribution in [3.05, 3.63) is 46.3 Å². The molecule has 2 heterocycles. The molecule has 1 amide bonds. The number of aromatic nitrogens is 3. The van der Waals surface area contributed by atoms with E-state index in [1.165, 1.54) is 0 Å². The van der Waals surface area contributed by atoms with Crippen molar-refractivity contribution in [1.82, 2.24) is 20.1 Å². The number of fused-ring (bicyclic) bond motifs is 1. The first kappa shape index (κ1) is 17.2. The van der Waals surface area contributed by atoms with Gasteiger partial charge in [0.15, 0.2) is 0 Å². The normalized spacial score (nSPS) is 10.7. The highest BCUT2D eigenvalue weighted by molar-refractivity contribution is 9.10. The zero-order valence-corrected chi connectivity index (χ0v) is 15.6. The second-order valence-corrected chi connectivity index (χ2v) is 6.11. The van der Waals surface area contributed by atoms with E-state index in [4.69, 9.17) is 9.47 Å². The van der Waals surface area contributed by atoms with Gasteiger partial charge in [-0.2, -0.15) is 5.10 Å². The highest BCUT2D eigenvalue weighted by atomic mass is 79.9. The molecule has 0 aliphatic heterocycles. The molecule has 1 N–H and O–H groups in total. The monoisotopic (exact) mass is 404 g/mol. The van der Waals surface area contributed by atoms with Gasteiger partial charge in [0.05, 0.1) is 31.3 Å². The smallest absolute Gasteiger partial charge is 0.270 e. The number of benzene rings is 1. The molecule has 1 aromatic carbocycles. The van der Waals surface area contributed by atoms with E-state index in [9.17, 15) is 4.79 Å². The van der Waals surface area contributed by atoms with Gasteiger partial charge < -0.3 is 14.8 Å². The lowest BCUT2D eigenvalue weighted by atomic mass is 10.2. The van der Waals surface area contributed by atoms with Gasteiger partial charge in [0, 0.05) is 25.2 Å². The van der Waals surface area contributed by atoms with Crippen LogP contribution in [0.1, 0.15) is 16.1 Å². The zero-order valence-electron chi connectivity index (χ0n) is 14.0. The number of aryl methyl sites for hydroxylation is 1. The minimum Gasteiger partial charge on any atom is -0.497 e. The van der Waals surface area contributed by atoms with Crippen LogP contribution in [-0.4, -0.2) is 34.9 Å². The molecule has 0 saturated heterocycles. The van der Waals surface area contributed by atoms with E-state index in [-0.39, 0.29) is 5.91 Å². The Labute approximate surface area is 153 Å². The van der Waals surface area contributed by atoms with Gasteiger partial charge in [-0.25, -0.2) is 4.98 Å². The van der Waals surface area contributed by atoms with Gasteiger partial charge in [-0.1, -0.05) is 0 Å². The average molecular weight is 405 g/mol. The molecule has 25 heavy (non-hydrogen) atoms. The number of pyridine rings is 1. The number of amides is 1. The highest BCUT2D eigenvalue weighted by Crippen LogP contribution is 2.25. The summed E-state index contributed by atoms with van der Waals surface area (Å²) in [5.74, 6) is 1.07. The van der Waals surface area contributed by atoms with Crippen molar-refractivity contribution in [1.29, 1.82) is 0 Å². The Morgan fingerprint density at radius 2 is 2.08 bits per heavy atom. The number of nitrogens with zero attached hydrogens (tertiary/aromatic N) is 3. The van der Waals surface area contributed by atoms with Gasteiger partial charge in [0.25, 0.3) is 5.91 Å². The molecule has 0 spiro atoms. The second-order valence-electron chi connectivity index (χ2n) is 5.36. The molecular formula is C17H17BrN4O3. The average Bonchev–Trinajstić information content (AvgIpc) is 3.01. The first-order chi connectivity index (χ1) is 12.0. The zero-order chi connectivity index (χ0) is 18.0. The molecule has 3 aromatic rings. The predicted molar refractivity (Wildman–Crippen MR) is 96.9 cm³/mol. The third-order valence-corrected chi connectivity index (χ3v) is 4.47. The minimum atomic E-state index is -0.276. The quantitative estimate of drug-likeness (QED) is 0.661. The highest BCUT2D eigenvalue weighted by Gasteiger charge is 2.14. The molecule has 2 aromatic heterocycles. The maximum Gasteiger partial charge on any atom is 0.270 e. The van der Waals surface area contributed by atoms with E-state index in [2.05, 4.69) is 31.3 Å². The number of nitrogens with one attached hydrogen (secondary N) is 1. The lowest BCUT2D eigenvalue weighted by Gasteiger charge is -2.11. The summed E-state index contributed by atoms with van der Waals surface area (Å²) in [7, 11) is 4.99. The summed E-state index contributed by atoms with van der Waals surface area (Å²) in [5.41, 5.74) is 1.99. The Hall–Kier alpha value is -2.61. The summed E-state index contributed by atoms with van der Waals surface area (Å²) in [5, 5.41) is 7.89. The Morgan fingerprint density at radius 1 is 1.28 bits per heavy atom. The van der Waals surface area contributed by atoms with Crippen LogP contribution in [0.3, 0.4) is 0 Å². The number of halogens is 1. The number of hydrogen-bond donors (Lipinski definition) is 1. The molecule has 0 bridgehead atoms. The van der Waals surface area contributed by atoms with Gasteiger partial charge in [0.2, 0.25) is 0 Å². The van der Waals surface area contributed by atoms with E-state index in [1.807, 2.05) is 19.2 Å². The summed E-state index contributed by atoms with van der Waals surface area (Å²) in [6.45, 7) is 0.314. The fraction of sp³-hybridized carbons (Fsp3) is 0.235. The van der Waals surface area contributed by atoms with Crippen molar-refractivity contribution in [2.24, 2.45) is 7.05 Å². The van der Waals surface area contributed by atoms with Crippen molar-refractivity contribution in [2.45, 2.75) is 6.54 Å². The van der Waals surface area contributed by atoms with Crippen LogP contribution >= 0.6 is 15.9 Å². The van der Waals surface area contributed by atoms with Crippen molar-refractivity contribution in [3.63, 3.8) is 0 Å². The van der Waals surface area contributed by atoms with Gasteiger partial charge in [-0.05, 0) is 34.1 Å². The Morgan fingerprint density at radius 3 is 2.80 bits per heavy atom.